The molecule has 0 heterocycles. The third kappa shape index (κ3) is 69.8. The molecular formula is C76H147N2O6P. The fourth-order valence-electron chi connectivity index (χ4n) is 11.5. The van der Waals surface area contributed by atoms with E-state index in [1.807, 2.05) is 27.2 Å². The van der Waals surface area contributed by atoms with E-state index >= 15 is 0 Å². The number of aliphatic hydroxyl groups excluding tert-OH is 1. The molecule has 0 radical (unpaired) electrons. The van der Waals surface area contributed by atoms with E-state index in [2.05, 4.69) is 55.6 Å². The van der Waals surface area contributed by atoms with Gasteiger partial charge in [-0.05, 0) is 57.8 Å². The number of aliphatic hydroxyl groups is 1. The first-order valence-corrected chi connectivity index (χ1v) is 39.0. The second-order valence-corrected chi connectivity index (χ2v) is 28.4. The number of nitrogens with zero attached hydrogens (tertiary/aromatic N) is 1. The number of quaternary nitrogens is 1. The SMILES string of the molecule is CCCCCCC/C=C\C/C=C\C/C=C\CCCCCCCCCCCCCCCCCCCCCCCCCCC(=O)NC(COP(=O)([O-])OCC[N+](C)(C)C)C(O)/C=C/CCCCCCCCCCCCCCCCCCCCCCCC. The Bertz CT molecular complexity index is 1530. The second kappa shape index (κ2) is 66.9. The zero-order chi connectivity index (χ0) is 61.9. The van der Waals surface area contributed by atoms with Gasteiger partial charge in [-0.2, -0.15) is 0 Å². The van der Waals surface area contributed by atoms with Crippen LogP contribution in [0.4, 0.5) is 0 Å². The average Bonchev–Trinajstić information content (AvgIpc) is 3.49. The Morgan fingerprint density at radius 3 is 0.988 bits per heavy atom. The van der Waals surface area contributed by atoms with Gasteiger partial charge in [0.15, 0.2) is 0 Å². The Balaban J connectivity index is 3.95. The number of amides is 1. The molecule has 0 aliphatic rings. The molecule has 9 heteroatoms. The van der Waals surface area contributed by atoms with Gasteiger partial charge in [0.05, 0.1) is 39.9 Å². The van der Waals surface area contributed by atoms with Crippen LogP contribution in [0, 0.1) is 0 Å². The Morgan fingerprint density at radius 1 is 0.412 bits per heavy atom. The molecule has 0 fully saturated rings. The van der Waals surface area contributed by atoms with E-state index < -0.39 is 20.0 Å². The molecule has 0 aromatic carbocycles. The van der Waals surface area contributed by atoms with Gasteiger partial charge in [-0.1, -0.05) is 364 Å². The number of likely N-dealkylation sites (N-methyl/N-ethyl adjacent to an activating group) is 1. The quantitative estimate of drug-likeness (QED) is 0.0272. The summed E-state index contributed by atoms with van der Waals surface area (Å²) in [6.07, 6.45) is 91.1. The van der Waals surface area contributed by atoms with Crippen molar-refractivity contribution in [2.45, 2.75) is 392 Å². The first-order chi connectivity index (χ1) is 41.5. The number of rotatable bonds is 70. The first kappa shape index (κ1) is 83.5. The van der Waals surface area contributed by atoms with E-state index in [4.69, 9.17) is 9.05 Å². The molecule has 0 aliphatic heterocycles. The number of hydrogen-bond acceptors (Lipinski definition) is 6. The highest BCUT2D eigenvalue weighted by atomic mass is 31.2. The largest absolute Gasteiger partial charge is 0.756 e. The summed E-state index contributed by atoms with van der Waals surface area (Å²) < 4.78 is 23.5. The maximum atomic E-state index is 13.1. The molecule has 0 rings (SSSR count). The number of allylic oxidation sites excluding steroid dienone is 7. The monoisotopic (exact) mass is 1220 g/mol. The van der Waals surface area contributed by atoms with Gasteiger partial charge in [-0.3, -0.25) is 9.36 Å². The summed E-state index contributed by atoms with van der Waals surface area (Å²) in [4.78, 5) is 25.7. The molecule has 85 heavy (non-hydrogen) atoms. The fourth-order valence-corrected chi connectivity index (χ4v) is 12.2. The lowest BCUT2D eigenvalue weighted by Gasteiger charge is -2.29. The Morgan fingerprint density at radius 2 is 0.682 bits per heavy atom. The molecule has 0 bridgehead atoms. The summed E-state index contributed by atoms with van der Waals surface area (Å²) in [6.45, 7) is 4.69. The number of carbonyl (C=O) groups excluding carboxylic acids is 1. The van der Waals surface area contributed by atoms with Crippen molar-refractivity contribution in [2.75, 3.05) is 40.9 Å². The molecule has 502 valence electrons. The highest BCUT2D eigenvalue weighted by molar-refractivity contribution is 7.45. The average molecular weight is 1220 g/mol. The minimum atomic E-state index is -4.60. The molecule has 0 aromatic heterocycles. The van der Waals surface area contributed by atoms with E-state index in [1.165, 1.54) is 308 Å². The van der Waals surface area contributed by atoms with Crippen LogP contribution in [0.15, 0.2) is 48.6 Å². The smallest absolute Gasteiger partial charge is 0.268 e. The Labute approximate surface area is 530 Å². The van der Waals surface area contributed by atoms with Gasteiger partial charge in [0.1, 0.15) is 13.2 Å². The Kier molecular flexibility index (Phi) is 65.7. The van der Waals surface area contributed by atoms with Crippen LogP contribution in [0.5, 0.6) is 0 Å². The summed E-state index contributed by atoms with van der Waals surface area (Å²) >= 11 is 0. The van der Waals surface area contributed by atoms with Crippen LogP contribution in [0.1, 0.15) is 380 Å². The van der Waals surface area contributed by atoms with Gasteiger partial charge < -0.3 is 28.8 Å². The van der Waals surface area contributed by atoms with Crippen LogP contribution in [0.2, 0.25) is 0 Å². The molecule has 0 aliphatic carbocycles. The van der Waals surface area contributed by atoms with Crippen molar-refractivity contribution in [3.05, 3.63) is 48.6 Å². The number of carbonyl (C=O) groups is 1. The van der Waals surface area contributed by atoms with Gasteiger partial charge in [-0.25, -0.2) is 0 Å². The molecule has 1 amide bonds. The molecule has 0 saturated carbocycles. The standard InChI is InChI=1S/C76H147N2O6P/c1-6-8-10-12-14-16-18-20-22-24-26-28-30-32-33-34-35-36-37-38-39-40-41-42-43-44-45-46-48-50-52-54-56-58-60-62-64-66-68-70-76(80)77-74(73-84-85(81,82)83-72-71-78(3,4)5)75(79)69-67-65-63-61-59-57-55-53-51-49-47-31-29-27-25-23-21-19-17-15-13-11-9-7-2/h18,20,24,26,30,32,67,69,74-75,79H,6-17,19,21-23,25,27-29,31,33-66,68,70-73H2,1-5H3,(H-,77,80,81,82)/b20-18-,26-24-,32-30-,69-67+. The zero-order valence-corrected chi connectivity index (χ0v) is 58.5. The molecule has 8 nitrogen and oxygen atoms in total. The normalized spacial score (nSPS) is 13.8. The third-order valence-corrected chi connectivity index (χ3v) is 18.2. The summed E-state index contributed by atoms with van der Waals surface area (Å²) in [5.41, 5.74) is 0. The van der Waals surface area contributed by atoms with Crippen LogP contribution in [0.25, 0.3) is 0 Å². The van der Waals surface area contributed by atoms with Crippen LogP contribution in [0.3, 0.4) is 0 Å². The molecule has 3 unspecified atom stereocenters. The lowest BCUT2D eigenvalue weighted by molar-refractivity contribution is -0.870. The van der Waals surface area contributed by atoms with Crippen molar-refractivity contribution >= 4 is 13.7 Å². The maximum Gasteiger partial charge on any atom is 0.268 e. The maximum absolute atomic E-state index is 13.1. The topological polar surface area (TPSA) is 108 Å². The first-order valence-electron chi connectivity index (χ1n) is 37.5. The van der Waals surface area contributed by atoms with Crippen molar-refractivity contribution in [1.82, 2.24) is 5.32 Å². The molecule has 0 saturated heterocycles. The lowest BCUT2D eigenvalue weighted by atomic mass is 10.0. The van der Waals surface area contributed by atoms with Crippen LogP contribution < -0.4 is 10.2 Å². The molecule has 0 spiro atoms. The fraction of sp³-hybridized carbons (Fsp3) is 0.882. The third-order valence-electron chi connectivity index (χ3n) is 17.3. The van der Waals surface area contributed by atoms with Crippen molar-refractivity contribution in [1.29, 1.82) is 0 Å². The molecule has 0 aromatic rings. The highest BCUT2D eigenvalue weighted by Gasteiger charge is 2.23. The lowest BCUT2D eigenvalue weighted by Crippen LogP contribution is -2.45. The Hall–Kier alpha value is -1.54. The highest BCUT2D eigenvalue weighted by Crippen LogP contribution is 2.38. The summed E-state index contributed by atoms with van der Waals surface area (Å²) in [5, 5.41) is 14.0. The number of nitrogens with one attached hydrogen (secondary N) is 1. The predicted octanol–water partition coefficient (Wildman–Crippen LogP) is 23.5. The molecule has 3 atom stereocenters. The van der Waals surface area contributed by atoms with Gasteiger partial charge in [-0.15, -0.1) is 0 Å². The van der Waals surface area contributed by atoms with Gasteiger partial charge in [0, 0.05) is 6.42 Å². The van der Waals surface area contributed by atoms with Crippen molar-refractivity contribution < 1.29 is 32.9 Å². The number of unbranched alkanes of at least 4 members (excludes halogenated alkanes) is 51. The van der Waals surface area contributed by atoms with Gasteiger partial charge in [0.2, 0.25) is 5.91 Å². The zero-order valence-electron chi connectivity index (χ0n) is 57.6. The van der Waals surface area contributed by atoms with Crippen molar-refractivity contribution in [3.8, 4) is 0 Å². The van der Waals surface area contributed by atoms with Gasteiger partial charge >= 0.3 is 0 Å². The number of hydrogen-bond donors (Lipinski definition) is 2. The van der Waals surface area contributed by atoms with E-state index in [0.717, 1.165) is 51.4 Å². The summed E-state index contributed by atoms with van der Waals surface area (Å²) in [7, 11) is 1.28. The van der Waals surface area contributed by atoms with E-state index in [1.54, 1.807) is 6.08 Å². The van der Waals surface area contributed by atoms with Crippen LogP contribution in [-0.2, 0) is 18.4 Å². The number of phosphoric acid groups is 1. The molecule has 2 N–H and O–H groups in total. The van der Waals surface area contributed by atoms with Crippen LogP contribution >= 0.6 is 7.82 Å². The van der Waals surface area contributed by atoms with E-state index in [0.29, 0.717) is 17.4 Å². The second-order valence-electron chi connectivity index (χ2n) is 27.0. The van der Waals surface area contributed by atoms with Crippen molar-refractivity contribution in [3.63, 3.8) is 0 Å². The minimum absolute atomic E-state index is 0.00101. The predicted molar refractivity (Wildman–Crippen MR) is 371 cm³/mol. The van der Waals surface area contributed by atoms with Gasteiger partial charge in [0.25, 0.3) is 7.82 Å². The van der Waals surface area contributed by atoms with E-state index in [9.17, 15) is 19.4 Å². The summed E-state index contributed by atoms with van der Waals surface area (Å²) in [5.74, 6) is -0.189. The number of phosphoric ester groups is 1. The summed E-state index contributed by atoms with van der Waals surface area (Å²) in [6, 6.07) is -0.887. The minimum Gasteiger partial charge on any atom is -0.756 e. The molecular weight excluding hydrogens is 1070 g/mol. The van der Waals surface area contributed by atoms with E-state index in [-0.39, 0.29) is 19.1 Å². The van der Waals surface area contributed by atoms with Crippen LogP contribution in [-0.4, -0.2) is 68.5 Å². The van der Waals surface area contributed by atoms with Crippen molar-refractivity contribution in [2.24, 2.45) is 0 Å².